The van der Waals surface area contributed by atoms with Crippen molar-refractivity contribution in [3.05, 3.63) is 56.5 Å². The lowest BCUT2D eigenvalue weighted by Gasteiger charge is -2.40. The van der Waals surface area contributed by atoms with Gasteiger partial charge in [-0.25, -0.2) is 45.4 Å². The topological polar surface area (TPSA) is 102 Å². The van der Waals surface area contributed by atoms with Crippen LogP contribution in [0.15, 0.2) is 33.5 Å². The molecule has 2 N–H and O–H groups in total. The number of aromatic nitrogens is 2. The van der Waals surface area contributed by atoms with Gasteiger partial charge in [0.15, 0.2) is 41.2 Å². The highest BCUT2D eigenvalue weighted by atomic mass is 79.9. The first-order chi connectivity index (χ1) is 25.6. The minimum atomic E-state index is -5.08. The van der Waals surface area contributed by atoms with E-state index in [0.29, 0.717) is 0 Å². The predicted molar refractivity (Wildman–Crippen MR) is 219 cm³/mol. The number of rotatable bonds is 14. The van der Waals surface area contributed by atoms with E-state index in [1.165, 1.54) is 51.4 Å². The maximum absolute atomic E-state index is 15.6. The Labute approximate surface area is 357 Å². The zero-order valence-electron chi connectivity index (χ0n) is 34.5. The molecule has 0 unspecified atom stereocenters. The van der Waals surface area contributed by atoms with Crippen molar-refractivity contribution in [2.45, 2.75) is 152 Å². The van der Waals surface area contributed by atoms with Gasteiger partial charge in [0.05, 0.1) is 31.5 Å². The first-order valence-electron chi connectivity index (χ1n) is 17.4. The number of nitrogens with zero attached hydrogens (tertiary/aromatic N) is 2. The molecule has 0 aliphatic rings. The van der Waals surface area contributed by atoms with Crippen LogP contribution in [0.3, 0.4) is 0 Å². The molecule has 8 atom stereocenters. The third-order valence-corrected chi connectivity index (χ3v) is 13.8. The van der Waals surface area contributed by atoms with Gasteiger partial charge >= 0.3 is 12.4 Å². The summed E-state index contributed by atoms with van der Waals surface area (Å²) < 4.78 is 181. The fourth-order valence-corrected chi connectivity index (χ4v) is 9.13. The molecule has 58 heavy (non-hydrogen) atoms. The molecule has 336 valence electrons. The summed E-state index contributed by atoms with van der Waals surface area (Å²) in [6.07, 6.45) is -21.5. The molecule has 0 aliphatic carbocycles. The molecule has 0 bridgehead atoms. The molecule has 2 heterocycles. The molecule has 2 aromatic rings. The molecule has 0 spiro atoms. The van der Waals surface area contributed by atoms with Gasteiger partial charge in [-0.15, -0.1) is 0 Å². The molecule has 24 heteroatoms. The second kappa shape index (κ2) is 19.7. The van der Waals surface area contributed by atoms with Crippen LogP contribution in [0.2, 0.25) is 39.3 Å². The van der Waals surface area contributed by atoms with E-state index >= 15 is 8.78 Å². The predicted octanol–water partition coefficient (Wildman–Crippen LogP) is 10.7. The van der Waals surface area contributed by atoms with Crippen molar-refractivity contribution in [2.75, 3.05) is 0 Å². The van der Waals surface area contributed by atoms with E-state index in [1.54, 1.807) is 41.5 Å². The lowest BCUT2D eigenvalue weighted by atomic mass is 9.88. The number of hydrogen-bond acceptors (Lipinski definition) is 6. The van der Waals surface area contributed by atoms with Crippen LogP contribution in [0, 0.1) is 11.6 Å². The van der Waals surface area contributed by atoms with Crippen LogP contribution in [-0.4, -0.2) is 81.4 Å². The van der Waals surface area contributed by atoms with Crippen molar-refractivity contribution in [3.63, 3.8) is 0 Å². The first-order valence-corrected chi connectivity index (χ1v) is 28.1. The molecule has 0 fully saturated rings. The third-order valence-electron chi connectivity index (χ3n) is 7.57. The van der Waals surface area contributed by atoms with Gasteiger partial charge in [0, 0.05) is 0 Å². The molecule has 0 aromatic carbocycles. The minimum Gasteiger partial charge on any atom is -0.404 e. The molecule has 0 saturated carbocycles. The van der Waals surface area contributed by atoms with Gasteiger partial charge in [0.2, 0.25) is 0 Å². The summed E-state index contributed by atoms with van der Waals surface area (Å²) in [6, 6.07) is 4.35. The molecular weight excluding hydrogens is 998 g/mol. The number of halogens is 12. The summed E-state index contributed by atoms with van der Waals surface area (Å²) in [4.78, 5) is 7.71. The van der Waals surface area contributed by atoms with Crippen LogP contribution in [-0.2, 0) is 41.9 Å². The van der Waals surface area contributed by atoms with Gasteiger partial charge < -0.3 is 8.85 Å². The fraction of sp³-hybridized carbons (Fsp3) is 0.706. The van der Waals surface area contributed by atoms with Crippen molar-refractivity contribution in [1.82, 2.24) is 19.4 Å². The van der Waals surface area contributed by atoms with Crippen molar-refractivity contribution >= 4 is 70.5 Å². The van der Waals surface area contributed by atoms with E-state index in [2.05, 4.69) is 51.3 Å². The van der Waals surface area contributed by atoms with Crippen LogP contribution in [0.1, 0.15) is 66.8 Å². The average molecular weight is 1050 g/mol. The Morgan fingerprint density at radius 2 is 0.845 bits per heavy atom. The van der Waals surface area contributed by atoms with Gasteiger partial charge in [-0.3, -0.25) is 0 Å². The monoisotopic (exact) mass is 1050 g/mol. The Morgan fingerprint density at radius 1 is 0.586 bits per heavy atom. The van der Waals surface area contributed by atoms with Gasteiger partial charge in [0.1, 0.15) is 43.3 Å². The highest BCUT2D eigenvalue weighted by molar-refractivity contribution is 9.10. The average Bonchev–Trinajstić information content (AvgIpc) is 3.01. The minimum absolute atomic E-state index is 0.0883. The van der Waals surface area contributed by atoms with E-state index in [1.807, 2.05) is 0 Å². The second-order valence-electron chi connectivity index (χ2n) is 17.5. The summed E-state index contributed by atoms with van der Waals surface area (Å²) >= 11 is 6.04. The first kappa shape index (κ1) is 55.2. The van der Waals surface area contributed by atoms with Gasteiger partial charge in [-0.05, 0) is 151 Å². The van der Waals surface area contributed by atoms with E-state index in [0.717, 1.165) is 26.0 Å². The quantitative estimate of drug-likeness (QED) is 0.111. The number of pyridine rings is 2. The van der Waals surface area contributed by atoms with Crippen LogP contribution in [0.25, 0.3) is 0 Å². The molecular formula is C34H52Br2F10N4O4S2Si2. The molecule has 0 saturated heterocycles. The Morgan fingerprint density at radius 3 is 1.05 bits per heavy atom. The van der Waals surface area contributed by atoms with Crippen molar-refractivity contribution in [2.24, 2.45) is 0 Å². The SMILES string of the molecule is CC(C)(C)[S@@](=O)N[C@](C)(c1nc(Br)ccc1F)[C@@H](F)[C@@H](O[Si](C)(C)C)C(F)(F)F.CC(C)(C)[S@@](=O)N[C@](C)(c1nc(Br)ccc1F)[C@@H](F)[C@H](O[Si](C)(C)C)C(F)(F)F. The Hall–Kier alpha value is -0.866. The number of alkyl halides is 8. The van der Waals surface area contributed by atoms with Gasteiger partial charge in [-0.2, -0.15) is 26.3 Å². The summed E-state index contributed by atoms with van der Waals surface area (Å²) in [7, 11) is -9.79. The van der Waals surface area contributed by atoms with Crippen LogP contribution < -0.4 is 9.44 Å². The largest absolute Gasteiger partial charge is 0.416 e. The zero-order chi connectivity index (χ0) is 46.0. The number of nitrogens with one attached hydrogen (secondary N) is 2. The fourth-order valence-electron chi connectivity index (χ4n) is 4.68. The molecule has 0 amide bonds. The number of hydrogen-bond donors (Lipinski definition) is 2. The van der Waals surface area contributed by atoms with Crippen LogP contribution in [0.4, 0.5) is 43.9 Å². The van der Waals surface area contributed by atoms with Crippen molar-refractivity contribution < 1.29 is 61.2 Å². The smallest absolute Gasteiger partial charge is 0.404 e. The normalized spacial score (nSPS) is 18.8. The standard InChI is InChI=1S/2C17H26BrF5N2O2SSi/c2*1-15(2,3)28(26)25-16(4,13-10(19)8-9-11(18)24-13)12(20)14(17(21,22)23)27-29(5,6)7/h2*8-9,12,14,25H,1-7H3/t12-,14+,16-,28+;12-,14-,16-,28+/m00/s1. The van der Waals surface area contributed by atoms with Crippen molar-refractivity contribution in [3.8, 4) is 0 Å². The van der Waals surface area contributed by atoms with Crippen molar-refractivity contribution in [1.29, 1.82) is 0 Å². The third kappa shape index (κ3) is 15.8. The maximum atomic E-state index is 15.6. The van der Waals surface area contributed by atoms with Gasteiger partial charge in [-0.1, -0.05) is 0 Å². The highest BCUT2D eigenvalue weighted by Gasteiger charge is 2.58. The van der Waals surface area contributed by atoms with E-state index in [-0.39, 0.29) is 9.21 Å². The molecule has 8 nitrogen and oxygen atoms in total. The molecule has 2 aromatic heterocycles. The maximum Gasteiger partial charge on any atom is 0.416 e. The van der Waals surface area contributed by atoms with E-state index < -0.39 is 119 Å². The Bertz CT molecular complexity index is 1640. The Balaban J connectivity index is 0.000000580. The summed E-state index contributed by atoms with van der Waals surface area (Å²) in [5.74, 6) is -2.07. The highest BCUT2D eigenvalue weighted by Crippen LogP contribution is 2.41. The molecule has 0 radical (unpaired) electrons. The zero-order valence-corrected chi connectivity index (χ0v) is 41.3. The summed E-state index contributed by atoms with van der Waals surface area (Å²) in [5.41, 5.74) is -6.06. The summed E-state index contributed by atoms with van der Waals surface area (Å²) in [6.45, 7) is 20.2. The molecule has 2 rings (SSSR count). The van der Waals surface area contributed by atoms with Gasteiger partial charge in [0.25, 0.3) is 0 Å². The Kier molecular flexibility index (Phi) is 18.7. The summed E-state index contributed by atoms with van der Waals surface area (Å²) in [5, 5.41) is 0. The second-order valence-corrected chi connectivity index (χ2v) is 32.0. The van der Waals surface area contributed by atoms with E-state index in [9.17, 15) is 43.5 Å². The van der Waals surface area contributed by atoms with Crippen LogP contribution in [0.5, 0.6) is 0 Å². The molecule has 0 aliphatic heterocycles. The lowest BCUT2D eigenvalue weighted by Crippen LogP contribution is -2.60. The van der Waals surface area contributed by atoms with E-state index in [4.69, 9.17) is 8.85 Å². The van der Waals surface area contributed by atoms with Crippen LogP contribution >= 0.6 is 31.9 Å². The lowest BCUT2D eigenvalue weighted by molar-refractivity contribution is -0.222.